The largest absolute Gasteiger partial charge is 0.135 e. The molecular formula is C76H48S. The van der Waals surface area contributed by atoms with Crippen molar-refractivity contribution in [3.8, 4) is 89.0 Å². The van der Waals surface area contributed by atoms with E-state index in [1.165, 1.54) is 152 Å². The first-order valence-corrected chi connectivity index (χ1v) is 27.4. The number of benzene rings is 14. The lowest BCUT2D eigenvalue weighted by Gasteiger charge is -2.19. The van der Waals surface area contributed by atoms with E-state index in [0.29, 0.717) is 0 Å². The SMILES string of the molecule is c1ccc(-c2cc(-c3ccccc3)cc(-c3c4ccccc4c(-c4ccc5sc6c(-c7c8ccccc8c(-c8cc(-c9ccccc9)cc(-c9ccccc9)c8)c8ccccc78)cccc6c5c4)c4ccccc34)c2)cc1. The summed E-state index contributed by atoms with van der Waals surface area (Å²) in [6, 6.07) is 108. The Balaban J connectivity index is 0.922. The van der Waals surface area contributed by atoms with Crippen LogP contribution in [0, 0.1) is 0 Å². The zero-order valence-corrected chi connectivity index (χ0v) is 42.9. The van der Waals surface area contributed by atoms with Crippen molar-refractivity contribution in [3.05, 3.63) is 291 Å². The fourth-order valence-corrected chi connectivity index (χ4v) is 13.6. The maximum atomic E-state index is 2.47. The molecular weight excluding hydrogens is 945 g/mol. The van der Waals surface area contributed by atoms with Crippen LogP contribution in [0.2, 0.25) is 0 Å². The summed E-state index contributed by atoms with van der Waals surface area (Å²) >= 11 is 1.91. The Hall–Kier alpha value is -9.66. The molecule has 0 saturated heterocycles. The molecule has 0 atom stereocenters. The third kappa shape index (κ3) is 7.66. The van der Waals surface area contributed by atoms with E-state index in [0.717, 1.165) is 0 Å². The number of thiophene rings is 1. The first-order chi connectivity index (χ1) is 38.2. The van der Waals surface area contributed by atoms with Crippen LogP contribution in [0.4, 0.5) is 0 Å². The van der Waals surface area contributed by atoms with Crippen molar-refractivity contribution < 1.29 is 0 Å². The van der Waals surface area contributed by atoms with E-state index in [9.17, 15) is 0 Å². The summed E-state index contributed by atoms with van der Waals surface area (Å²) in [7, 11) is 0. The van der Waals surface area contributed by atoms with Gasteiger partial charge in [-0.25, -0.2) is 0 Å². The summed E-state index contributed by atoms with van der Waals surface area (Å²) in [5.41, 5.74) is 19.6. The summed E-state index contributed by atoms with van der Waals surface area (Å²) in [5, 5.41) is 12.5. The molecule has 0 unspecified atom stereocenters. The van der Waals surface area contributed by atoms with Crippen LogP contribution in [0.15, 0.2) is 291 Å². The third-order valence-electron chi connectivity index (χ3n) is 15.8. The first kappa shape index (κ1) is 44.8. The molecule has 15 aromatic rings. The van der Waals surface area contributed by atoms with E-state index < -0.39 is 0 Å². The van der Waals surface area contributed by atoms with Gasteiger partial charge in [0.15, 0.2) is 0 Å². The molecule has 0 saturated carbocycles. The number of rotatable bonds is 8. The van der Waals surface area contributed by atoms with Gasteiger partial charge < -0.3 is 0 Å². The Kier molecular flexibility index (Phi) is 10.8. The highest BCUT2D eigenvalue weighted by Crippen LogP contribution is 2.51. The van der Waals surface area contributed by atoms with Crippen molar-refractivity contribution in [2.75, 3.05) is 0 Å². The monoisotopic (exact) mass is 992 g/mol. The van der Waals surface area contributed by atoms with Crippen LogP contribution < -0.4 is 0 Å². The molecule has 1 heterocycles. The average molecular weight is 993 g/mol. The van der Waals surface area contributed by atoms with Gasteiger partial charge in [-0.3, -0.25) is 0 Å². The smallest absolute Gasteiger partial charge is 0.0434 e. The molecule has 0 aliphatic rings. The van der Waals surface area contributed by atoms with Gasteiger partial charge in [0.1, 0.15) is 0 Å². The number of fused-ring (bicyclic) bond motifs is 7. The van der Waals surface area contributed by atoms with E-state index in [1.807, 2.05) is 11.3 Å². The van der Waals surface area contributed by atoms with Crippen LogP contribution in [-0.4, -0.2) is 0 Å². The van der Waals surface area contributed by atoms with Crippen molar-refractivity contribution in [1.82, 2.24) is 0 Å². The number of hydrogen-bond donors (Lipinski definition) is 0. The molecule has 0 radical (unpaired) electrons. The van der Waals surface area contributed by atoms with Gasteiger partial charge in [-0.05, 0) is 175 Å². The van der Waals surface area contributed by atoms with E-state index in [-0.39, 0.29) is 0 Å². The second-order valence-electron chi connectivity index (χ2n) is 20.2. The van der Waals surface area contributed by atoms with E-state index in [2.05, 4.69) is 291 Å². The molecule has 77 heavy (non-hydrogen) atoms. The Morgan fingerprint density at radius 1 is 0.169 bits per heavy atom. The minimum Gasteiger partial charge on any atom is -0.135 e. The van der Waals surface area contributed by atoms with E-state index >= 15 is 0 Å². The number of hydrogen-bond acceptors (Lipinski definition) is 1. The highest BCUT2D eigenvalue weighted by Gasteiger charge is 2.23. The average Bonchev–Trinajstić information content (AvgIpc) is 3.99. The topological polar surface area (TPSA) is 0 Å². The highest BCUT2D eigenvalue weighted by atomic mass is 32.1. The van der Waals surface area contributed by atoms with Gasteiger partial charge in [-0.2, -0.15) is 0 Å². The quantitative estimate of drug-likeness (QED) is 0.133. The summed E-state index contributed by atoms with van der Waals surface area (Å²) in [4.78, 5) is 0. The lowest BCUT2D eigenvalue weighted by molar-refractivity contribution is 1.58. The van der Waals surface area contributed by atoms with Crippen molar-refractivity contribution >= 4 is 74.6 Å². The van der Waals surface area contributed by atoms with Gasteiger partial charge in [0.05, 0.1) is 0 Å². The minimum atomic E-state index is 1.20. The fourth-order valence-electron chi connectivity index (χ4n) is 12.4. The maximum absolute atomic E-state index is 2.47. The van der Waals surface area contributed by atoms with Crippen molar-refractivity contribution in [2.24, 2.45) is 0 Å². The van der Waals surface area contributed by atoms with Gasteiger partial charge in [-0.1, -0.05) is 243 Å². The van der Waals surface area contributed by atoms with Crippen LogP contribution in [0.5, 0.6) is 0 Å². The molecule has 0 N–H and O–H groups in total. The van der Waals surface area contributed by atoms with Crippen molar-refractivity contribution in [1.29, 1.82) is 0 Å². The second-order valence-corrected chi connectivity index (χ2v) is 21.3. The van der Waals surface area contributed by atoms with Crippen LogP contribution >= 0.6 is 11.3 Å². The standard InChI is InChI=1S/C76H48S/c1-5-22-49(23-6-1)54-42-55(50-24-7-2-8-25-50)45-58(44-54)73-62-32-15-13-30-60(62)72(61-31-14-16-33-63(61)73)53-40-41-71-70(48-53)68-38-21-39-69(76(68)77-71)75-66-36-19-17-34-64(66)74(65-35-18-20-37-67(65)75)59-46-56(51-26-9-3-10-27-51)43-57(47-59)52-28-11-4-12-29-52/h1-48H. The van der Waals surface area contributed by atoms with Gasteiger partial charge in [-0.15, -0.1) is 11.3 Å². The van der Waals surface area contributed by atoms with Gasteiger partial charge >= 0.3 is 0 Å². The molecule has 0 fully saturated rings. The molecule has 0 nitrogen and oxygen atoms in total. The Morgan fingerprint density at radius 3 is 0.831 bits per heavy atom. The molecule has 0 amide bonds. The lowest BCUT2D eigenvalue weighted by atomic mass is 9.84. The molecule has 0 aliphatic heterocycles. The molecule has 1 aromatic heterocycles. The molecule has 14 aromatic carbocycles. The predicted molar refractivity (Wildman–Crippen MR) is 333 cm³/mol. The summed E-state index contributed by atoms with van der Waals surface area (Å²) in [6.45, 7) is 0. The van der Waals surface area contributed by atoms with Gasteiger partial charge in [0.25, 0.3) is 0 Å². The Morgan fingerprint density at radius 2 is 0.468 bits per heavy atom. The van der Waals surface area contributed by atoms with Crippen LogP contribution in [0.1, 0.15) is 0 Å². The Labute approximate surface area is 452 Å². The summed E-state index contributed by atoms with van der Waals surface area (Å²) < 4.78 is 2.58. The van der Waals surface area contributed by atoms with Crippen molar-refractivity contribution in [2.45, 2.75) is 0 Å². The minimum absolute atomic E-state index is 1.20. The molecule has 0 bridgehead atoms. The lowest BCUT2D eigenvalue weighted by Crippen LogP contribution is -1.92. The first-order valence-electron chi connectivity index (χ1n) is 26.6. The zero-order chi connectivity index (χ0) is 50.8. The second kappa shape index (κ2) is 18.6. The molecule has 1 heteroatoms. The molecule has 15 rings (SSSR count). The summed E-state index contributed by atoms with van der Waals surface area (Å²) in [5.74, 6) is 0. The van der Waals surface area contributed by atoms with Crippen LogP contribution in [-0.2, 0) is 0 Å². The van der Waals surface area contributed by atoms with Crippen LogP contribution in [0.25, 0.3) is 152 Å². The normalized spacial score (nSPS) is 11.6. The fraction of sp³-hybridized carbons (Fsp3) is 0. The molecule has 0 aliphatic carbocycles. The van der Waals surface area contributed by atoms with Crippen LogP contribution in [0.3, 0.4) is 0 Å². The van der Waals surface area contributed by atoms with Gasteiger partial charge in [0, 0.05) is 25.7 Å². The maximum Gasteiger partial charge on any atom is 0.0434 e. The highest BCUT2D eigenvalue weighted by molar-refractivity contribution is 7.26. The zero-order valence-electron chi connectivity index (χ0n) is 42.1. The van der Waals surface area contributed by atoms with Gasteiger partial charge in [0.2, 0.25) is 0 Å². The summed E-state index contributed by atoms with van der Waals surface area (Å²) in [6.07, 6.45) is 0. The van der Waals surface area contributed by atoms with Crippen molar-refractivity contribution in [3.63, 3.8) is 0 Å². The molecule has 0 spiro atoms. The van der Waals surface area contributed by atoms with E-state index in [4.69, 9.17) is 0 Å². The predicted octanol–water partition coefficient (Wildman–Crippen LogP) is 22.0. The third-order valence-corrected chi connectivity index (χ3v) is 17.0. The van der Waals surface area contributed by atoms with E-state index in [1.54, 1.807) is 0 Å². The molecule has 358 valence electrons. The Bertz CT molecular complexity index is 4530.